The van der Waals surface area contributed by atoms with Crippen molar-refractivity contribution in [3.63, 3.8) is 0 Å². The average molecular weight is 356 g/mol. The van der Waals surface area contributed by atoms with E-state index in [2.05, 4.69) is 50.3 Å². The van der Waals surface area contributed by atoms with Crippen molar-refractivity contribution in [1.29, 1.82) is 0 Å². The largest absolute Gasteiger partial charge is 0.356 e. The Balaban J connectivity index is 1.53. The van der Waals surface area contributed by atoms with Crippen molar-refractivity contribution in [3.8, 4) is 0 Å². The van der Waals surface area contributed by atoms with E-state index >= 15 is 0 Å². The van der Waals surface area contributed by atoms with Gasteiger partial charge in [-0.25, -0.2) is 0 Å². The van der Waals surface area contributed by atoms with E-state index in [0.717, 1.165) is 25.0 Å². The summed E-state index contributed by atoms with van der Waals surface area (Å²) < 4.78 is 1.19. The molecule has 2 aliphatic rings. The van der Waals surface area contributed by atoms with Crippen LogP contribution in [0.25, 0.3) is 0 Å². The Bertz CT molecular complexity index is 503. The minimum Gasteiger partial charge on any atom is -0.356 e. The maximum Gasteiger partial charge on any atom is 0.193 e. The van der Waals surface area contributed by atoms with Crippen LogP contribution >= 0.6 is 27.3 Å². The summed E-state index contributed by atoms with van der Waals surface area (Å²) in [5.41, 5.74) is 0.614. The van der Waals surface area contributed by atoms with Gasteiger partial charge >= 0.3 is 0 Å². The van der Waals surface area contributed by atoms with E-state index in [9.17, 15) is 0 Å². The molecule has 110 valence electrons. The Kier molecular flexibility index (Phi) is 4.09. The Morgan fingerprint density at radius 1 is 1.50 bits per heavy atom. The molecule has 2 saturated carbocycles. The standard InChI is InChI=1S/C15H22BrN3S/c1-17-14(18-10-15(7-8-15)11-3-4-11)19(2)9-12-5-6-13(16)20-12/h5-6,11H,3-4,7-10H2,1-2H3,(H,17,18). The maximum atomic E-state index is 4.43. The molecule has 1 N–H and O–H groups in total. The van der Waals surface area contributed by atoms with Gasteiger partial charge in [-0.05, 0) is 65.1 Å². The third kappa shape index (κ3) is 3.19. The fourth-order valence-corrected chi connectivity index (χ4v) is 4.51. The number of aliphatic imine (C=N–C) groups is 1. The molecule has 0 aromatic carbocycles. The van der Waals surface area contributed by atoms with Gasteiger partial charge in [0.2, 0.25) is 0 Å². The number of guanidine groups is 1. The number of nitrogens with zero attached hydrogens (tertiary/aromatic N) is 2. The van der Waals surface area contributed by atoms with Gasteiger partial charge in [0.05, 0.1) is 10.3 Å². The van der Waals surface area contributed by atoms with Gasteiger partial charge in [0, 0.05) is 25.5 Å². The highest BCUT2D eigenvalue weighted by atomic mass is 79.9. The van der Waals surface area contributed by atoms with Crippen molar-refractivity contribution in [2.24, 2.45) is 16.3 Å². The highest BCUT2D eigenvalue weighted by molar-refractivity contribution is 9.11. The van der Waals surface area contributed by atoms with Crippen molar-refractivity contribution in [2.45, 2.75) is 32.2 Å². The van der Waals surface area contributed by atoms with Crippen molar-refractivity contribution >= 4 is 33.2 Å². The monoisotopic (exact) mass is 355 g/mol. The minimum absolute atomic E-state index is 0.614. The first-order valence-electron chi connectivity index (χ1n) is 7.29. The zero-order valence-electron chi connectivity index (χ0n) is 12.2. The average Bonchev–Trinajstić information content (AvgIpc) is 3.31. The van der Waals surface area contributed by atoms with Crippen molar-refractivity contribution < 1.29 is 0 Å². The molecule has 0 atom stereocenters. The molecule has 1 aromatic rings. The maximum absolute atomic E-state index is 4.43. The molecule has 1 aromatic heterocycles. The van der Waals surface area contributed by atoms with Crippen LogP contribution in [0.4, 0.5) is 0 Å². The summed E-state index contributed by atoms with van der Waals surface area (Å²) in [4.78, 5) is 7.99. The summed E-state index contributed by atoms with van der Waals surface area (Å²) in [6.07, 6.45) is 5.70. The zero-order chi connectivity index (χ0) is 14.2. The number of hydrogen-bond acceptors (Lipinski definition) is 2. The highest BCUT2D eigenvalue weighted by Crippen LogP contribution is 2.60. The predicted molar refractivity (Wildman–Crippen MR) is 89.2 cm³/mol. The molecule has 1 heterocycles. The van der Waals surface area contributed by atoms with Gasteiger partial charge in [-0.3, -0.25) is 4.99 Å². The molecule has 0 unspecified atom stereocenters. The molecule has 0 aliphatic heterocycles. The minimum atomic E-state index is 0.614. The lowest BCUT2D eigenvalue weighted by molar-refractivity contribution is 0.410. The molecule has 0 saturated heterocycles. The van der Waals surface area contributed by atoms with Crippen LogP contribution in [0.2, 0.25) is 0 Å². The molecule has 0 spiro atoms. The van der Waals surface area contributed by atoms with E-state index in [1.807, 2.05) is 7.05 Å². The van der Waals surface area contributed by atoms with E-state index in [0.29, 0.717) is 5.41 Å². The lowest BCUT2D eigenvalue weighted by Gasteiger charge is -2.24. The van der Waals surface area contributed by atoms with Gasteiger partial charge in [0.15, 0.2) is 5.96 Å². The smallest absolute Gasteiger partial charge is 0.193 e. The second-order valence-electron chi connectivity index (χ2n) is 6.10. The summed E-state index contributed by atoms with van der Waals surface area (Å²) in [6, 6.07) is 4.28. The molecule has 0 amide bonds. The quantitative estimate of drug-likeness (QED) is 0.643. The number of nitrogens with one attached hydrogen (secondary N) is 1. The van der Waals surface area contributed by atoms with Gasteiger partial charge in [0.1, 0.15) is 0 Å². The summed E-state index contributed by atoms with van der Waals surface area (Å²) in [5, 5.41) is 3.59. The highest BCUT2D eigenvalue weighted by Gasteiger charge is 2.53. The Labute approximate surface area is 133 Å². The topological polar surface area (TPSA) is 27.6 Å². The second-order valence-corrected chi connectivity index (χ2v) is 8.65. The Morgan fingerprint density at radius 3 is 2.75 bits per heavy atom. The first-order valence-corrected chi connectivity index (χ1v) is 8.90. The number of thiophene rings is 1. The van der Waals surface area contributed by atoms with Crippen LogP contribution in [0.5, 0.6) is 0 Å². The van der Waals surface area contributed by atoms with E-state index in [-0.39, 0.29) is 0 Å². The van der Waals surface area contributed by atoms with Gasteiger partial charge in [-0.2, -0.15) is 0 Å². The van der Waals surface area contributed by atoms with Crippen LogP contribution in [-0.4, -0.2) is 31.5 Å². The zero-order valence-corrected chi connectivity index (χ0v) is 14.6. The number of halogens is 1. The van der Waals surface area contributed by atoms with Crippen molar-refractivity contribution in [3.05, 3.63) is 20.8 Å². The molecule has 3 rings (SSSR count). The lowest BCUT2D eigenvalue weighted by atomic mass is 10.0. The van der Waals surface area contributed by atoms with Crippen molar-refractivity contribution in [2.75, 3.05) is 20.6 Å². The van der Waals surface area contributed by atoms with E-state index in [1.165, 1.54) is 34.3 Å². The van der Waals surface area contributed by atoms with Gasteiger partial charge in [-0.15, -0.1) is 11.3 Å². The molecule has 20 heavy (non-hydrogen) atoms. The summed E-state index contributed by atoms with van der Waals surface area (Å²) in [6.45, 7) is 2.01. The normalized spacial score (nSPS) is 20.9. The van der Waals surface area contributed by atoms with Crippen molar-refractivity contribution in [1.82, 2.24) is 10.2 Å². The summed E-state index contributed by atoms with van der Waals surface area (Å²) >= 11 is 5.31. The molecule has 2 fully saturated rings. The van der Waals surface area contributed by atoms with Gasteiger partial charge in [0.25, 0.3) is 0 Å². The Morgan fingerprint density at radius 2 is 2.25 bits per heavy atom. The third-order valence-electron chi connectivity index (χ3n) is 4.53. The Hall–Kier alpha value is -0.550. The van der Waals surface area contributed by atoms with Gasteiger partial charge < -0.3 is 10.2 Å². The number of hydrogen-bond donors (Lipinski definition) is 1. The molecule has 2 aliphatic carbocycles. The van der Waals surface area contributed by atoms with Crippen LogP contribution < -0.4 is 5.32 Å². The molecular formula is C15H22BrN3S. The predicted octanol–water partition coefficient (Wildman–Crippen LogP) is 3.71. The van der Waals surface area contributed by atoms with Crippen LogP contribution in [0.15, 0.2) is 20.9 Å². The first kappa shape index (κ1) is 14.4. The first-order chi connectivity index (χ1) is 9.63. The molecule has 0 bridgehead atoms. The fourth-order valence-electron chi connectivity index (χ4n) is 2.97. The van der Waals surface area contributed by atoms with Crippen LogP contribution in [-0.2, 0) is 6.54 Å². The summed E-state index contributed by atoms with van der Waals surface area (Å²) in [5.74, 6) is 2.01. The van der Waals surface area contributed by atoms with E-state index in [4.69, 9.17) is 0 Å². The molecular weight excluding hydrogens is 334 g/mol. The SMILES string of the molecule is CN=C(NCC1(C2CC2)CC1)N(C)Cc1ccc(Br)s1. The van der Waals surface area contributed by atoms with Gasteiger partial charge in [-0.1, -0.05) is 0 Å². The molecule has 5 heteroatoms. The van der Waals surface area contributed by atoms with Crippen LogP contribution in [0.1, 0.15) is 30.6 Å². The summed E-state index contributed by atoms with van der Waals surface area (Å²) in [7, 11) is 3.99. The van der Waals surface area contributed by atoms with E-state index in [1.54, 1.807) is 11.3 Å². The van der Waals surface area contributed by atoms with E-state index < -0.39 is 0 Å². The molecule has 0 radical (unpaired) electrons. The third-order valence-corrected chi connectivity index (χ3v) is 6.14. The van der Waals surface area contributed by atoms with Crippen LogP contribution in [0, 0.1) is 11.3 Å². The molecule has 3 nitrogen and oxygen atoms in total. The lowest BCUT2D eigenvalue weighted by Crippen LogP contribution is -2.41. The fraction of sp³-hybridized carbons (Fsp3) is 0.667. The number of rotatable bonds is 5. The van der Waals surface area contributed by atoms with Crippen LogP contribution in [0.3, 0.4) is 0 Å². The second kappa shape index (κ2) is 5.68.